The van der Waals surface area contributed by atoms with Crippen molar-refractivity contribution in [1.82, 2.24) is 45.4 Å². The molecule has 15 heteroatoms. The average Bonchev–Trinajstić information content (AvgIpc) is 4.15. The van der Waals surface area contributed by atoms with E-state index in [1.807, 2.05) is 49.2 Å². The number of nitrogens with one attached hydrogen (secondary N) is 5. The number of amides is 4. The number of hydrogen-bond acceptors (Lipinski definition) is 8. The molecule has 5 N–H and O–H groups in total. The molecule has 0 unspecified atom stereocenters. The van der Waals surface area contributed by atoms with Gasteiger partial charge in [-0.25, -0.2) is 19.6 Å². The first kappa shape index (κ1) is 40.9. The monoisotopic (exact) mass is 825 g/mol. The summed E-state index contributed by atoms with van der Waals surface area (Å²) in [5.41, 5.74) is 7.63. The number of methoxy groups -OCH3 is 2. The highest BCUT2D eigenvalue weighted by Crippen LogP contribution is 2.35. The third-order valence-electron chi connectivity index (χ3n) is 11.9. The summed E-state index contributed by atoms with van der Waals surface area (Å²) >= 11 is 0. The van der Waals surface area contributed by atoms with Crippen LogP contribution in [0.1, 0.15) is 68.8 Å². The summed E-state index contributed by atoms with van der Waals surface area (Å²) in [5, 5.41) is 6.48. The molecule has 0 radical (unpaired) electrons. The zero-order chi connectivity index (χ0) is 42.6. The van der Waals surface area contributed by atoms with Crippen molar-refractivity contribution in [3.63, 3.8) is 0 Å². The van der Waals surface area contributed by atoms with Gasteiger partial charge in [-0.3, -0.25) is 9.59 Å². The van der Waals surface area contributed by atoms with E-state index in [2.05, 4.69) is 79.1 Å². The van der Waals surface area contributed by atoms with Gasteiger partial charge in [0.25, 0.3) is 0 Å². The van der Waals surface area contributed by atoms with Gasteiger partial charge in [0.1, 0.15) is 23.7 Å². The summed E-state index contributed by atoms with van der Waals surface area (Å²) in [7, 11) is 2.58. The normalized spacial score (nSPS) is 17.4. The Morgan fingerprint density at radius 2 is 1.21 bits per heavy atom. The molecule has 4 atom stereocenters. The molecule has 6 aromatic rings. The third-order valence-corrected chi connectivity index (χ3v) is 11.9. The molecule has 15 nitrogen and oxygen atoms in total. The van der Waals surface area contributed by atoms with Crippen LogP contribution in [0.15, 0.2) is 91.4 Å². The van der Waals surface area contributed by atoms with E-state index in [1.54, 1.807) is 17.3 Å². The van der Waals surface area contributed by atoms with E-state index in [0.717, 1.165) is 81.6 Å². The maximum atomic E-state index is 14.1. The van der Waals surface area contributed by atoms with Crippen LogP contribution in [0.2, 0.25) is 0 Å². The molecule has 0 aliphatic carbocycles. The largest absolute Gasteiger partial charge is 0.453 e. The van der Waals surface area contributed by atoms with E-state index in [9.17, 15) is 19.2 Å². The van der Waals surface area contributed by atoms with Crippen molar-refractivity contribution in [3.8, 4) is 33.6 Å². The number of aromatic amines is 3. The Balaban J connectivity index is 0.922. The molecule has 0 bridgehead atoms. The highest BCUT2D eigenvalue weighted by atomic mass is 16.5. The molecule has 0 saturated carbocycles. The topological polar surface area (TPSA) is 190 Å². The number of likely N-dealkylation sites (tertiary alicyclic amines) is 2. The number of fused-ring (bicyclic) bond motifs is 1. The summed E-state index contributed by atoms with van der Waals surface area (Å²) in [5.74, 6) is 0.986. The number of benzene rings is 3. The zero-order valence-corrected chi connectivity index (χ0v) is 34.7. The molecule has 316 valence electrons. The second kappa shape index (κ2) is 17.8. The fourth-order valence-corrected chi connectivity index (χ4v) is 8.62. The lowest BCUT2D eigenvalue weighted by atomic mass is 10.0. The molecule has 4 amide bonds. The smallest absolute Gasteiger partial charge is 0.407 e. The predicted octanol–water partition coefficient (Wildman–Crippen LogP) is 7.29. The van der Waals surface area contributed by atoms with Gasteiger partial charge in [0.2, 0.25) is 11.8 Å². The van der Waals surface area contributed by atoms with Gasteiger partial charge < -0.3 is 44.9 Å². The van der Waals surface area contributed by atoms with Crippen LogP contribution in [0.25, 0.3) is 44.5 Å². The Bertz CT molecular complexity index is 2510. The molecule has 0 spiro atoms. The standard InChI is InChI=1S/C46H51N9O6/c1-27(2)40(53-46(59)61-4)44(57)55-22-8-12-39(55)42-49-26-37(51-42)31-19-15-29(16-20-31)28-13-17-30(18-14-28)36-25-48-41(50-36)38-11-7-21-54(38)43(56)35(52-45(58)60-3)23-32-24-47-34-10-6-5-9-33(32)34/h5-6,9-10,13-20,24-27,35,38-40,47H,7-8,11-12,21-23H2,1-4H3,(H,48,50)(H,49,51)(H,52,58)(H,53,59)/t35-,38-,39-,40-/m0/s1. The molecular formula is C46H51N9O6. The Morgan fingerprint density at radius 3 is 1.75 bits per heavy atom. The SMILES string of the molecule is COC(=O)N[C@@H](Cc1c[nH]c2ccccc12)C(=O)N1CCC[C@H]1c1ncc(-c2ccc(-c3ccc(-c4cnc([C@@H]5CCCN5C(=O)[C@@H](NC(=O)OC)C(C)C)[nH]4)cc3)cc2)[nH]1. The first-order valence-electron chi connectivity index (χ1n) is 20.8. The maximum absolute atomic E-state index is 14.1. The van der Waals surface area contributed by atoms with Crippen molar-refractivity contribution in [2.45, 2.75) is 70.1 Å². The average molecular weight is 826 g/mol. The second-order valence-electron chi connectivity index (χ2n) is 16.0. The third kappa shape index (κ3) is 8.58. The van der Waals surface area contributed by atoms with E-state index in [0.29, 0.717) is 25.3 Å². The summed E-state index contributed by atoms with van der Waals surface area (Å²) in [6, 6.07) is 22.4. The Hall–Kier alpha value is -6.90. The number of aromatic nitrogens is 5. The van der Waals surface area contributed by atoms with Gasteiger partial charge in [0.05, 0.1) is 50.1 Å². The Kier molecular flexibility index (Phi) is 11.9. The lowest BCUT2D eigenvalue weighted by molar-refractivity contribution is -0.135. The van der Waals surface area contributed by atoms with E-state index < -0.39 is 24.3 Å². The predicted molar refractivity (Wildman–Crippen MR) is 230 cm³/mol. The Labute approximate surface area is 353 Å². The summed E-state index contributed by atoms with van der Waals surface area (Å²) in [6.07, 6.45) is 7.70. The van der Waals surface area contributed by atoms with E-state index in [1.165, 1.54) is 14.2 Å². The minimum Gasteiger partial charge on any atom is -0.453 e. The molecule has 2 aliphatic rings. The van der Waals surface area contributed by atoms with Gasteiger partial charge in [0.15, 0.2) is 0 Å². The summed E-state index contributed by atoms with van der Waals surface area (Å²) in [4.78, 5) is 75.3. The van der Waals surface area contributed by atoms with Crippen LogP contribution in [0.4, 0.5) is 9.59 Å². The fraction of sp³-hybridized carbons (Fsp3) is 0.348. The van der Waals surface area contributed by atoms with Crippen LogP contribution < -0.4 is 10.6 Å². The van der Waals surface area contributed by atoms with Gasteiger partial charge >= 0.3 is 12.2 Å². The van der Waals surface area contributed by atoms with Crippen molar-refractivity contribution >= 4 is 34.9 Å². The van der Waals surface area contributed by atoms with E-state index in [-0.39, 0.29) is 29.8 Å². The number of imidazole rings is 2. The van der Waals surface area contributed by atoms with Gasteiger partial charge in [-0.1, -0.05) is 80.6 Å². The lowest BCUT2D eigenvalue weighted by Crippen LogP contribution is -2.51. The van der Waals surface area contributed by atoms with Gasteiger partial charge in [0, 0.05) is 36.6 Å². The summed E-state index contributed by atoms with van der Waals surface area (Å²) < 4.78 is 9.66. The highest BCUT2D eigenvalue weighted by molar-refractivity contribution is 5.89. The molecule has 2 saturated heterocycles. The highest BCUT2D eigenvalue weighted by Gasteiger charge is 2.38. The number of carbonyl (C=O) groups excluding carboxylic acids is 4. The second-order valence-corrected chi connectivity index (χ2v) is 16.0. The van der Waals surface area contributed by atoms with Crippen molar-refractivity contribution in [2.75, 3.05) is 27.3 Å². The van der Waals surface area contributed by atoms with Crippen LogP contribution >= 0.6 is 0 Å². The van der Waals surface area contributed by atoms with Crippen LogP contribution in [0.5, 0.6) is 0 Å². The molecule has 61 heavy (non-hydrogen) atoms. The lowest BCUT2D eigenvalue weighted by Gasteiger charge is -2.30. The van der Waals surface area contributed by atoms with Crippen molar-refractivity contribution in [3.05, 3.63) is 109 Å². The number of rotatable bonds is 12. The molecule has 2 aliphatic heterocycles. The minimum atomic E-state index is -0.817. The molecule has 5 heterocycles. The van der Waals surface area contributed by atoms with Crippen LogP contribution in [0.3, 0.4) is 0 Å². The van der Waals surface area contributed by atoms with Crippen LogP contribution in [-0.2, 0) is 25.5 Å². The fourth-order valence-electron chi connectivity index (χ4n) is 8.62. The van der Waals surface area contributed by atoms with Gasteiger partial charge in [-0.2, -0.15) is 0 Å². The van der Waals surface area contributed by atoms with Crippen molar-refractivity contribution in [1.29, 1.82) is 0 Å². The first-order valence-corrected chi connectivity index (χ1v) is 20.8. The van der Waals surface area contributed by atoms with Gasteiger partial charge in [-0.05, 0) is 65.5 Å². The molecular weight excluding hydrogens is 775 g/mol. The zero-order valence-electron chi connectivity index (χ0n) is 34.7. The number of ether oxygens (including phenoxy) is 2. The number of H-pyrrole nitrogens is 3. The van der Waals surface area contributed by atoms with Gasteiger partial charge in [-0.15, -0.1) is 0 Å². The maximum Gasteiger partial charge on any atom is 0.407 e. The number of carbonyl (C=O) groups is 4. The van der Waals surface area contributed by atoms with Crippen molar-refractivity contribution < 1.29 is 28.7 Å². The number of para-hydroxylation sites is 1. The van der Waals surface area contributed by atoms with Crippen molar-refractivity contribution in [2.24, 2.45) is 5.92 Å². The molecule has 3 aromatic heterocycles. The van der Waals surface area contributed by atoms with Crippen LogP contribution in [-0.4, -0.2) is 98.1 Å². The molecule has 2 fully saturated rings. The van der Waals surface area contributed by atoms with E-state index >= 15 is 0 Å². The number of alkyl carbamates (subject to hydrolysis) is 2. The number of hydrogen-bond donors (Lipinski definition) is 5. The minimum absolute atomic E-state index is 0.110. The first-order chi connectivity index (χ1) is 29.6. The quantitative estimate of drug-likeness (QED) is 0.0850. The molecule has 8 rings (SSSR count). The van der Waals surface area contributed by atoms with E-state index in [4.69, 9.17) is 14.5 Å². The summed E-state index contributed by atoms with van der Waals surface area (Å²) in [6.45, 7) is 4.94. The molecule has 3 aromatic carbocycles. The van der Waals surface area contributed by atoms with Crippen LogP contribution in [0, 0.1) is 5.92 Å². The number of nitrogens with zero attached hydrogens (tertiary/aromatic N) is 4. The Morgan fingerprint density at radius 1 is 0.705 bits per heavy atom.